The summed E-state index contributed by atoms with van der Waals surface area (Å²) in [5.74, 6) is 0. The third-order valence-electron chi connectivity index (χ3n) is 3.33. The second-order valence-electron chi connectivity index (χ2n) is 3.88. The zero-order valence-corrected chi connectivity index (χ0v) is 7.59. The minimum Gasteiger partial charge on any atom is -0.381 e. The van der Waals surface area contributed by atoms with Gasteiger partial charge in [0.25, 0.3) is 0 Å². The fraction of sp³-hybridized carbons (Fsp3) is 1.00. The molecule has 0 aromatic carbocycles. The van der Waals surface area contributed by atoms with Crippen LogP contribution in [0.25, 0.3) is 0 Å². The highest BCUT2D eigenvalue weighted by Gasteiger charge is 2.39. The standard InChI is InChI=1S/C9H18N2O/c10-8-9(11-4-1-5-11)2-6-12-7-3-9/h1-8,10H2. The first-order valence-electron chi connectivity index (χ1n) is 4.90. The van der Waals surface area contributed by atoms with Crippen molar-refractivity contribution in [2.45, 2.75) is 24.8 Å². The molecule has 3 nitrogen and oxygen atoms in total. The Bertz CT molecular complexity index is 151. The number of likely N-dealkylation sites (tertiary alicyclic amines) is 1. The van der Waals surface area contributed by atoms with Gasteiger partial charge in [0.1, 0.15) is 0 Å². The van der Waals surface area contributed by atoms with Gasteiger partial charge in [-0.05, 0) is 32.4 Å². The van der Waals surface area contributed by atoms with Crippen LogP contribution in [0.3, 0.4) is 0 Å². The van der Waals surface area contributed by atoms with Crippen molar-refractivity contribution in [2.24, 2.45) is 5.73 Å². The van der Waals surface area contributed by atoms with Crippen molar-refractivity contribution in [2.75, 3.05) is 32.8 Å². The Labute approximate surface area is 73.9 Å². The Hall–Kier alpha value is -0.120. The number of ether oxygens (including phenoxy) is 1. The van der Waals surface area contributed by atoms with Crippen LogP contribution in [0.15, 0.2) is 0 Å². The summed E-state index contributed by atoms with van der Waals surface area (Å²) in [6, 6.07) is 0. The molecule has 2 saturated heterocycles. The summed E-state index contributed by atoms with van der Waals surface area (Å²) >= 11 is 0. The first-order chi connectivity index (χ1) is 5.87. The monoisotopic (exact) mass is 170 g/mol. The molecule has 0 bridgehead atoms. The van der Waals surface area contributed by atoms with Gasteiger partial charge in [0.05, 0.1) is 0 Å². The summed E-state index contributed by atoms with van der Waals surface area (Å²) in [5, 5.41) is 0. The maximum atomic E-state index is 5.85. The highest BCUT2D eigenvalue weighted by atomic mass is 16.5. The molecule has 2 aliphatic heterocycles. The predicted molar refractivity (Wildman–Crippen MR) is 48.0 cm³/mol. The molecule has 0 radical (unpaired) electrons. The normalized spacial score (nSPS) is 29.8. The van der Waals surface area contributed by atoms with Gasteiger partial charge in [-0.25, -0.2) is 0 Å². The van der Waals surface area contributed by atoms with Gasteiger partial charge >= 0.3 is 0 Å². The summed E-state index contributed by atoms with van der Waals surface area (Å²) < 4.78 is 5.36. The van der Waals surface area contributed by atoms with Crippen molar-refractivity contribution in [3.05, 3.63) is 0 Å². The van der Waals surface area contributed by atoms with Crippen molar-refractivity contribution in [3.63, 3.8) is 0 Å². The summed E-state index contributed by atoms with van der Waals surface area (Å²) in [7, 11) is 0. The highest BCUT2D eigenvalue weighted by Crippen LogP contribution is 2.30. The van der Waals surface area contributed by atoms with Gasteiger partial charge in [0, 0.05) is 25.3 Å². The zero-order chi connectivity index (χ0) is 8.44. The van der Waals surface area contributed by atoms with Gasteiger partial charge in [-0.2, -0.15) is 0 Å². The van der Waals surface area contributed by atoms with Crippen LogP contribution in [-0.2, 0) is 4.74 Å². The topological polar surface area (TPSA) is 38.5 Å². The fourth-order valence-corrected chi connectivity index (χ4v) is 2.19. The predicted octanol–water partition coefficient (Wildman–Crippen LogP) is 0.200. The van der Waals surface area contributed by atoms with Gasteiger partial charge in [-0.15, -0.1) is 0 Å². The van der Waals surface area contributed by atoms with Crippen LogP contribution in [0.2, 0.25) is 0 Å². The number of hydrogen-bond acceptors (Lipinski definition) is 3. The van der Waals surface area contributed by atoms with E-state index in [1.807, 2.05) is 0 Å². The van der Waals surface area contributed by atoms with Gasteiger partial charge in [0.15, 0.2) is 0 Å². The molecule has 0 saturated carbocycles. The molecule has 70 valence electrons. The molecule has 0 aromatic rings. The molecule has 12 heavy (non-hydrogen) atoms. The zero-order valence-electron chi connectivity index (χ0n) is 7.59. The van der Waals surface area contributed by atoms with E-state index in [1.54, 1.807) is 0 Å². The summed E-state index contributed by atoms with van der Waals surface area (Å²) in [6.45, 7) is 5.09. The van der Waals surface area contributed by atoms with Gasteiger partial charge in [0.2, 0.25) is 0 Å². The largest absolute Gasteiger partial charge is 0.381 e. The molecule has 0 unspecified atom stereocenters. The van der Waals surface area contributed by atoms with Crippen LogP contribution in [-0.4, -0.2) is 43.3 Å². The van der Waals surface area contributed by atoms with Gasteiger partial charge in [-0.3, -0.25) is 4.90 Å². The second-order valence-corrected chi connectivity index (χ2v) is 3.88. The Balaban J connectivity index is 2.00. The molecule has 0 spiro atoms. The number of rotatable bonds is 2. The SMILES string of the molecule is NCC1(N2CCC2)CCOCC1. The number of hydrogen-bond donors (Lipinski definition) is 1. The minimum absolute atomic E-state index is 0.302. The fourth-order valence-electron chi connectivity index (χ4n) is 2.19. The van der Waals surface area contributed by atoms with E-state index in [0.717, 1.165) is 32.6 Å². The smallest absolute Gasteiger partial charge is 0.0484 e. The van der Waals surface area contributed by atoms with Crippen molar-refractivity contribution in [3.8, 4) is 0 Å². The van der Waals surface area contributed by atoms with Crippen LogP contribution < -0.4 is 5.73 Å². The van der Waals surface area contributed by atoms with Crippen molar-refractivity contribution >= 4 is 0 Å². The lowest BCUT2D eigenvalue weighted by Crippen LogP contribution is -2.61. The van der Waals surface area contributed by atoms with Crippen LogP contribution >= 0.6 is 0 Å². The van der Waals surface area contributed by atoms with E-state index in [9.17, 15) is 0 Å². The lowest BCUT2D eigenvalue weighted by atomic mass is 9.85. The molecule has 0 atom stereocenters. The van der Waals surface area contributed by atoms with Crippen molar-refractivity contribution < 1.29 is 4.74 Å². The number of nitrogens with two attached hydrogens (primary N) is 1. The minimum atomic E-state index is 0.302. The summed E-state index contributed by atoms with van der Waals surface area (Å²) in [5.41, 5.74) is 6.15. The molecular weight excluding hydrogens is 152 g/mol. The number of nitrogens with zero attached hydrogens (tertiary/aromatic N) is 1. The molecule has 2 N–H and O–H groups in total. The van der Waals surface area contributed by atoms with E-state index >= 15 is 0 Å². The quantitative estimate of drug-likeness (QED) is 0.643. The van der Waals surface area contributed by atoms with Crippen LogP contribution in [0, 0.1) is 0 Å². The van der Waals surface area contributed by atoms with Gasteiger partial charge in [-0.1, -0.05) is 0 Å². The Morgan fingerprint density at radius 2 is 1.92 bits per heavy atom. The van der Waals surface area contributed by atoms with Crippen LogP contribution in [0.4, 0.5) is 0 Å². The van der Waals surface area contributed by atoms with Crippen LogP contribution in [0.1, 0.15) is 19.3 Å². The first-order valence-corrected chi connectivity index (χ1v) is 4.90. The Morgan fingerprint density at radius 3 is 2.33 bits per heavy atom. The van der Waals surface area contributed by atoms with Crippen molar-refractivity contribution in [1.82, 2.24) is 4.90 Å². The lowest BCUT2D eigenvalue weighted by molar-refractivity contribution is -0.0503. The van der Waals surface area contributed by atoms with E-state index in [0.29, 0.717) is 5.54 Å². The summed E-state index contributed by atoms with van der Waals surface area (Å²) in [4.78, 5) is 2.54. The van der Waals surface area contributed by atoms with E-state index in [-0.39, 0.29) is 0 Å². The molecule has 2 rings (SSSR count). The molecular formula is C9H18N2O. The van der Waals surface area contributed by atoms with Crippen molar-refractivity contribution in [1.29, 1.82) is 0 Å². The van der Waals surface area contributed by atoms with Gasteiger partial charge < -0.3 is 10.5 Å². The molecule has 2 aliphatic rings. The molecule has 0 amide bonds. The average Bonchev–Trinajstić information content (AvgIpc) is 2.03. The maximum Gasteiger partial charge on any atom is 0.0484 e. The Kier molecular flexibility index (Phi) is 2.35. The first kappa shape index (κ1) is 8.48. The van der Waals surface area contributed by atoms with Crippen LogP contribution in [0.5, 0.6) is 0 Å². The Morgan fingerprint density at radius 1 is 1.25 bits per heavy atom. The molecule has 0 aliphatic carbocycles. The molecule has 3 heteroatoms. The third kappa shape index (κ3) is 1.26. The average molecular weight is 170 g/mol. The molecule has 2 heterocycles. The van der Waals surface area contributed by atoms with E-state index in [2.05, 4.69) is 4.90 Å². The van der Waals surface area contributed by atoms with E-state index in [4.69, 9.17) is 10.5 Å². The maximum absolute atomic E-state index is 5.85. The molecule has 0 aromatic heterocycles. The summed E-state index contributed by atoms with van der Waals surface area (Å²) in [6.07, 6.45) is 3.61. The highest BCUT2D eigenvalue weighted by molar-refractivity contribution is 4.96. The third-order valence-corrected chi connectivity index (χ3v) is 3.33. The second kappa shape index (κ2) is 3.32. The van der Waals surface area contributed by atoms with E-state index in [1.165, 1.54) is 19.5 Å². The van der Waals surface area contributed by atoms with E-state index < -0.39 is 0 Å². The lowest BCUT2D eigenvalue weighted by Gasteiger charge is -2.50. The molecule has 2 fully saturated rings.